The fourth-order valence-electron chi connectivity index (χ4n) is 1.93. The van der Waals surface area contributed by atoms with Gasteiger partial charge in [-0.25, -0.2) is 8.78 Å². The highest BCUT2D eigenvalue weighted by Gasteiger charge is 2.19. The molecule has 1 rings (SSSR count). The molecule has 0 radical (unpaired) electrons. The molecular weight excluding hydrogens is 316 g/mol. The molecule has 2 nitrogen and oxygen atoms in total. The minimum Gasteiger partial charge on any atom is -0.351 e. The Kier molecular flexibility index (Phi) is 6.42. The lowest BCUT2D eigenvalue weighted by Gasteiger charge is -2.20. The SMILES string of the molecule is CCC(CC)C(Br)CNC(=O)c1cccc(F)c1F. The fourth-order valence-corrected chi connectivity index (χ4v) is 2.84. The number of carbonyl (C=O) groups excluding carboxylic acids is 1. The van der Waals surface area contributed by atoms with E-state index >= 15 is 0 Å². The van der Waals surface area contributed by atoms with Gasteiger partial charge in [-0.3, -0.25) is 4.79 Å². The van der Waals surface area contributed by atoms with Crippen LogP contribution in [0.25, 0.3) is 0 Å². The zero-order chi connectivity index (χ0) is 14.4. The Labute approximate surface area is 120 Å². The van der Waals surface area contributed by atoms with Gasteiger partial charge in [-0.15, -0.1) is 0 Å². The first-order chi connectivity index (χ1) is 9.01. The fraction of sp³-hybridized carbons (Fsp3) is 0.500. The number of nitrogens with one attached hydrogen (secondary N) is 1. The van der Waals surface area contributed by atoms with Crippen LogP contribution in [0.15, 0.2) is 18.2 Å². The maximum Gasteiger partial charge on any atom is 0.254 e. The van der Waals surface area contributed by atoms with Crippen LogP contribution in [0.3, 0.4) is 0 Å². The number of amides is 1. The Morgan fingerprint density at radius 2 is 1.95 bits per heavy atom. The molecule has 1 amide bonds. The molecule has 0 aliphatic rings. The third-order valence-corrected chi connectivity index (χ3v) is 4.29. The molecule has 1 aromatic rings. The number of alkyl halides is 1. The average molecular weight is 334 g/mol. The molecule has 0 fully saturated rings. The van der Waals surface area contributed by atoms with Gasteiger partial charge in [-0.1, -0.05) is 48.7 Å². The van der Waals surface area contributed by atoms with Crippen molar-refractivity contribution in [2.75, 3.05) is 6.54 Å². The molecule has 0 aliphatic heterocycles. The Hall–Kier alpha value is -0.970. The minimum atomic E-state index is -1.10. The third kappa shape index (κ3) is 4.27. The molecule has 19 heavy (non-hydrogen) atoms. The van der Waals surface area contributed by atoms with E-state index in [1.165, 1.54) is 12.1 Å². The molecule has 5 heteroatoms. The Bertz CT molecular complexity index is 435. The van der Waals surface area contributed by atoms with Gasteiger partial charge in [0.05, 0.1) is 5.56 Å². The highest BCUT2D eigenvalue weighted by Crippen LogP contribution is 2.19. The molecule has 1 aromatic carbocycles. The molecule has 0 saturated heterocycles. The van der Waals surface area contributed by atoms with Crippen molar-refractivity contribution in [2.24, 2.45) is 5.92 Å². The van der Waals surface area contributed by atoms with Crippen LogP contribution in [0.2, 0.25) is 0 Å². The van der Waals surface area contributed by atoms with Gasteiger partial charge < -0.3 is 5.32 Å². The van der Waals surface area contributed by atoms with Crippen LogP contribution in [-0.4, -0.2) is 17.3 Å². The predicted octanol–water partition coefficient (Wildman–Crippen LogP) is 3.89. The summed E-state index contributed by atoms with van der Waals surface area (Å²) in [5.74, 6) is -2.26. The number of benzene rings is 1. The zero-order valence-corrected chi connectivity index (χ0v) is 12.6. The quantitative estimate of drug-likeness (QED) is 0.786. The molecule has 0 bridgehead atoms. The van der Waals surface area contributed by atoms with Crippen molar-refractivity contribution in [3.05, 3.63) is 35.4 Å². The van der Waals surface area contributed by atoms with Gasteiger partial charge in [0.25, 0.3) is 5.91 Å². The lowest BCUT2D eigenvalue weighted by molar-refractivity contribution is 0.0947. The first-order valence-corrected chi connectivity index (χ1v) is 7.29. The summed E-state index contributed by atoms with van der Waals surface area (Å²) in [6.07, 6.45) is 1.99. The molecule has 106 valence electrons. The number of hydrogen-bond acceptors (Lipinski definition) is 1. The molecule has 0 saturated carbocycles. The molecule has 1 N–H and O–H groups in total. The van der Waals surface area contributed by atoms with Gasteiger partial charge >= 0.3 is 0 Å². The molecule has 1 atom stereocenters. The monoisotopic (exact) mass is 333 g/mol. The summed E-state index contributed by atoms with van der Waals surface area (Å²) < 4.78 is 26.4. The Balaban J connectivity index is 2.63. The molecule has 0 spiro atoms. The van der Waals surface area contributed by atoms with E-state index in [0.717, 1.165) is 18.9 Å². The normalized spacial score (nSPS) is 12.5. The van der Waals surface area contributed by atoms with Gasteiger partial charge in [-0.2, -0.15) is 0 Å². The highest BCUT2D eigenvalue weighted by atomic mass is 79.9. The van der Waals surface area contributed by atoms with E-state index in [1.807, 2.05) is 0 Å². The lowest BCUT2D eigenvalue weighted by atomic mass is 9.99. The first kappa shape index (κ1) is 16.1. The van der Waals surface area contributed by atoms with E-state index in [2.05, 4.69) is 35.1 Å². The second-order valence-electron chi connectivity index (χ2n) is 4.40. The smallest absolute Gasteiger partial charge is 0.254 e. The summed E-state index contributed by atoms with van der Waals surface area (Å²) >= 11 is 3.52. The largest absolute Gasteiger partial charge is 0.351 e. The van der Waals surface area contributed by atoms with Crippen molar-refractivity contribution in [3.8, 4) is 0 Å². The maximum atomic E-state index is 13.4. The van der Waals surface area contributed by atoms with E-state index in [-0.39, 0.29) is 10.4 Å². The van der Waals surface area contributed by atoms with Crippen molar-refractivity contribution in [3.63, 3.8) is 0 Å². The van der Waals surface area contributed by atoms with E-state index < -0.39 is 17.5 Å². The summed E-state index contributed by atoms with van der Waals surface area (Å²) in [5.41, 5.74) is -0.260. The number of hydrogen-bond donors (Lipinski definition) is 1. The van der Waals surface area contributed by atoms with Crippen molar-refractivity contribution in [1.82, 2.24) is 5.32 Å². The summed E-state index contributed by atoms with van der Waals surface area (Å²) in [7, 11) is 0. The maximum absolute atomic E-state index is 13.4. The van der Waals surface area contributed by atoms with E-state index in [0.29, 0.717) is 12.5 Å². The Morgan fingerprint density at radius 3 is 2.53 bits per heavy atom. The molecular formula is C14H18BrF2NO. The number of rotatable bonds is 6. The van der Waals surface area contributed by atoms with Crippen LogP contribution < -0.4 is 5.32 Å². The first-order valence-electron chi connectivity index (χ1n) is 6.37. The summed E-state index contributed by atoms with van der Waals surface area (Å²) in [5, 5.41) is 2.62. The van der Waals surface area contributed by atoms with E-state index in [4.69, 9.17) is 0 Å². The van der Waals surface area contributed by atoms with Crippen molar-refractivity contribution in [1.29, 1.82) is 0 Å². The summed E-state index contributed by atoms with van der Waals surface area (Å²) in [4.78, 5) is 11.9. The van der Waals surface area contributed by atoms with Crippen LogP contribution in [0.5, 0.6) is 0 Å². The van der Waals surface area contributed by atoms with Gasteiger partial charge in [0.1, 0.15) is 0 Å². The Morgan fingerprint density at radius 1 is 1.32 bits per heavy atom. The van der Waals surface area contributed by atoms with E-state index in [1.54, 1.807) is 0 Å². The van der Waals surface area contributed by atoms with Crippen LogP contribution >= 0.6 is 15.9 Å². The van der Waals surface area contributed by atoms with Crippen LogP contribution in [-0.2, 0) is 0 Å². The molecule has 0 heterocycles. The van der Waals surface area contributed by atoms with E-state index in [9.17, 15) is 13.6 Å². The van der Waals surface area contributed by atoms with Crippen LogP contribution in [0.4, 0.5) is 8.78 Å². The summed E-state index contributed by atoms with van der Waals surface area (Å²) in [6.45, 7) is 4.55. The topological polar surface area (TPSA) is 29.1 Å². The average Bonchev–Trinajstić information content (AvgIpc) is 2.40. The predicted molar refractivity (Wildman–Crippen MR) is 75.5 cm³/mol. The number of carbonyl (C=O) groups is 1. The number of halogens is 3. The molecule has 1 unspecified atom stereocenters. The minimum absolute atomic E-state index is 0.128. The van der Waals surface area contributed by atoms with Crippen LogP contribution in [0, 0.1) is 17.6 Å². The summed E-state index contributed by atoms with van der Waals surface area (Å²) in [6, 6.07) is 3.58. The van der Waals surface area contributed by atoms with Crippen molar-refractivity contribution >= 4 is 21.8 Å². The van der Waals surface area contributed by atoms with Gasteiger partial charge in [0, 0.05) is 11.4 Å². The second kappa shape index (κ2) is 7.58. The molecule has 0 aromatic heterocycles. The lowest BCUT2D eigenvalue weighted by Crippen LogP contribution is -2.33. The van der Waals surface area contributed by atoms with Gasteiger partial charge in [0.15, 0.2) is 11.6 Å². The highest BCUT2D eigenvalue weighted by molar-refractivity contribution is 9.09. The standard InChI is InChI=1S/C14H18BrF2NO/c1-3-9(4-2)11(15)8-18-14(19)10-6-5-7-12(16)13(10)17/h5-7,9,11H,3-4,8H2,1-2H3,(H,18,19). The third-order valence-electron chi connectivity index (χ3n) is 3.21. The second-order valence-corrected chi connectivity index (χ2v) is 5.58. The van der Waals surface area contributed by atoms with Gasteiger partial charge in [-0.05, 0) is 18.1 Å². The van der Waals surface area contributed by atoms with Gasteiger partial charge in [0.2, 0.25) is 0 Å². The zero-order valence-electron chi connectivity index (χ0n) is 11.1. The molecule has 0 aliphatic carbocycles. The van der Waals surface area contributed by atoms with Crippen molar-refractivity contribution in [2.45, 2.75) is 31.5 Å². The van der Waals surface area contributed by atoms with Crippen LogP contribution in [0.1, 0.15) is 37.0 Å². The van der Waals surface area contributed by atoms with Crippen molar-refractivity contribution < 1.29 is 13.6 Å².